The quantitative estimate of drug-likeness (QED) is 0.716. The number of fused-ring (bicyclic) bond motifs is 1. The Labute approximate surface area is 137 Å². The van der Waals surface area contributed by atoms with Crippen molar-refractivity contribution in [1.29, 1.82) is 0 Å². The summed E-state index contributed by atoms with van der Waals surface area (Å²) in [5.74, 6) is 0. The van der Waals surface area contributed by atoms with E-state index < -0.39 is 0 Å². The van der Waals surface area contributed by atoms with E-state index in [1.807, 2.05) is 43.3 Å². The molecule has 2 aromatic carbocycles. The number of halogens is 2. The highest BCUT2D eigenvalue weighted by Gasteiger charge is 2.10. The third kappa shape index (κ3) is 2.56. The summed E-state index contributed by atoms with van der Waals surface area (Å²) in [7, 11) is 3.92. The largest absolute Gasteiger partial charge is 0.378 e. The van der Waals surface area contributed by atoms with Crippen LogP contribution in [0.5, 0.6) is 0 Å². The molecule has 3 rings (SSSR count). The lowest BCUT2D eigenvalue weighted by Crippen LogP contribution is -2.19. The van der Waals surface area contributed by atoms with E-state index >= 15 is 0 Å². The molecule has 0 fully saturated rings. The summed E-state index contributed by atoms with van der Waals surface area (Å²) in [5, 5.41) is 1.18. The molecule has 0 spiro atoms. The Kier molecular flexibility index (Phi) is 3.81. The molecule has 0 amide bonds. The molecule has 0 atom stereocenters. The van der Waals surface area contributed by atoms with Gasteiger partial charge in [0, 0.05) is 24.8 Å². The van der Waals surface area contributed by atoms with Crippen molar-refractivity contribution in [2.75, 3.05) is 19.0 Å². The zero-order chi connectivity index (χ0) is 15.9. The van der Waals surface area contributed by atoms with E-state index in [1.165, 1.54) is 10.9 Å². The predicted molar refractivity (Wildman–Crippen MR) is 91.7 cm³/mol. The summed E-state index contributed by atoms with van der Waals surface area (Å²) in [6, 6.07) is 10.8. The fourth-order valence-electron chi connectivity index (χ4n) is 2.25. The first kappa shape index (κ1) is 14.9. The van der Waals surface area contributed by atoms with Gasteiger partial charge in [0.05, 0.1) is 21.6 Å². The first-order valence-electron chi connectivity index (χ1n) is 6.61. The number of nitrogens with zero attached hydrogens (tertiary/aromatic N) is 3. The molecule has 0 radical (unpaired) electrons. The normalized spacial score (nSPS) is 10.9. The van der Waals surface area contributed by atoms with Gasteiger partial charge < -0.3 is 4.90 Å². The van der Waals surface area contributed by atoms with Gasteiger partial charge in [-0.2, -0.15) is 0 Å². The Hall–Kier alpha value is -2.04. The minimum Gasteiger partial charge on any atom is -0.378 e. The molecule has 0 bridgehead atoms. The molecule has 0 saturated heterocycles. The van der Waals surface area contributed by atoms with Gasteiger partial charge in [0.2, 0.25) is 0 Å². The van der Waals surface area contributed by atoms with E-state index in [2.05, 4.69) is 4.98 Å². The second-order valence-electron chi connectivity index (χ2n) is 5.11. The van der Waals surface area contributed by atoms with Gasteiger partial charge in [-0.25, -0.2) is 4.98 Å². The highest BCUT2D eigenvalue weighted by atomic mass is 35.5. The zero-order valence-electron chi connectivity index (χ0n) is 12.0. The fraction of sp³-hybridized carbons (Fsp3) is 0.125. The van der Waals surface area contributed by atoms with Crippen LogP contribution in [0.3, 0.4) is 0 Å². The van der Waals surface area contributed by atoms with Gasteiger partial charge in [0.25, 0.3) is 5.56 Å². The monoisotopic (exact) mass is 333 g/mol. The molecule has 0 aliphatic heterocycles. The van der Waals surface area contributed by atoms with Crippen molar-refractivity contribution < 1.29 is 0 Å². The second kappa shape index (κ2) is 5.63. The van der Waals surface area contributed by atoms with Crippen LogP contribution in [0.2, 0.25) is 10.0 Å². The molecular weight excluding hydrogens is 321 g/mol. The maximum Gasteiger partial charge on any atom is 0.265 e. The summed E-state index contributed by atoms with van der Waals surface area (Å²) in [6.45, 7) is 0. The molecule has 1 aromatic heterocycles. The summed E-state index contributed by atoms with van der Waals surface area (Å²) >= 11 is 12.1. The Morgan fingerprint density at radius 1 is 1.09 bits per heavy atom. The van der Waals surface area contributed by atoms with Crippen molar-refractivity contribution in [1.82, 2.24) is 9.55 Å². The van der Waals surface area contributed by atoms with Crippen LogP contribution in [0.15, 0.2) is 47.5 Å². The molecule has 1 heterocycles. The highest BCUT2D eigenvalue weighted by molar-refractivity contribution is 6.38. The van der Waals surface area contributed by atoms with Crippen molar-refractivity contribution in [3.05, 3.63) is 63.1 Å². The van der Waals surface area contributed by atoms with Crippen LogP contribution in [0.25, 0.3) is 16.6 Å². The molecule has 6 heteroatoms. The predicted octanol–water partition coefficient (Wildman–Crippen LogP) is 3.76. The van der Waals surface area contributed by atoms with E-state index in [4.69, 9.17) is 23.2 Å². The Morgan fingerprint density at radius 2 is 1.77 bits per heavy atom. The van der Waals surface area contributed by atoms with E-state index in [9.17, 15) is 4.79 Å². The average Bonchev–Trinajstić information content (AvgIpc) is 2.48. The first-order chi connectivity index (χ1) is 10.5. The van der Waals surface area contributed by atoms with Gasteiger partial charge in [0.1, 0.15) is 6.33 Å². The fourth-order valence-corrected chi connectivity index (χ4v) is 2.80. The lowest BCUT2D eigenvalue weighted by atomic mass is 10.2. The Morgan fingerprint density at radius 3 is 2.41 bits per heavy atom. The first-order valence-corrected chi connectivity index (χ1v) is 7.37. The van der Waals surface area contributed by atoms with Crippen molar-refractivity contribution in [2.24, 2.45) is 0 Å². The summed E-state index contributed by atoms with van der Waals surface area (Å²) < 4.78 is 1.48. The second-order valence-corrected chi connectivity index (χ2v) is 5.96. The van der Waals surface area contributed by atoms with Gasteiger partial charge in [-0.1, -0.05) is 23.2 Å². The maximum absolute atomic E-state index is 12.6. The van der Waals surface area contributed by atoms with Crippen molar-refractivity contribution in [2.45, 2.75) is 0 Å². The number of aromatic nitrogens is 2. The standard InChI is InChI=1S/C16H13Cl2N3O/c1-20(2)11-3-5-12(6-4-11)21-9-19-15-13(16(21)22)7-10(17)8-14(15)18/h3-9H,1-2H3. The maximum atomic E-state index is 12.6. The van der Waals surface area contributed by atoms with Crippen LogP contribution in [-0.4, -0.2) is 23.6 Å². The van der Waals surface area contributed by atoms with Crippen molar-refractivity contribution in [3.63, 3.8) is 0 Å². The lowest BCUT2D eigenvalue weighted by molar-refractivity contribution is 0.962. The summed E-state index contributed by atoms with van der Waals surface area (Å²) in [4.78, 5) is 18.9. The van der Waals surface area contributed by atoms with Crippen molar-refractivity contribution in [3.8, 4) is 5.69 Å². The van der Waals surface area contributed by atoms with E-state index in [-0.39, 0.29) is 5.56 Å². The van der Waals surface area contributed by atoms with E-state index in [0.717, 1.165) is 11.4 Å². The third-order valence-corrected chi connectivity index (χ3v) is 3.93. The van der Waals surface area contributed by atoms with Crippen LogP contribution in [-0.2, 0) is 0 Å². The Bertz CT molecular complexity index is 902. The molecular formula is C16H13Cl2N3O. The van der Waals surface area contributed by atoms with Gasteiger partial charge >= 0.3 is 0 Å². The van der Waals surface area contributed by atoms with Gasteiger partial charge in [-0.05, 0) is 36.4 Å². The third-order valence-electron chi connectivity index (χ3n) is 3.42. The molecule has 0 unspecified atom stereocenters. The average molecular weight is 334 g/mol. The van der Waals surface area contributed by atoms with Crippen LogP contribution in [0.4, 0.5) is 5.69 Å². The highest BCUT2D eigenvalue weighted by Crippen LogP contribution is 2.24. The number of anilines is 1. The van der Waals surface area contributed by atoms with E-state index in [1.54, 1.807) is 12.1 Å². The molecule has 4 nitrogen and oxygen atoms in total. The SMILES string of the molecule is CN(C)c1ccc(-n2cnc3c(Cl)cc(Cl)cc3c2=O)cc1. The molecule has 22 heavy (non-hydrogen) atoms. The lowest BCUT2D eigenvalue weighted by Gasteiger charge is -2.13. The molecule has 0 N–H and O–H groups in total. The van der Waals surface area contributed by atoms with Crippen LogP contribution in [0.1, 0.15) is 0 Å². The number of rotatable bonds is 2. The topological polar surface area (TPSA) is 38.1 Å². The van der Waals surface area contributed by atoms with Gasteiger partial charge in [0.15, 0.2) is 0 Å². The molecule has 0 aliphatic carbocycles. The van der Waals surface area contributed by atoms with Crippen LogP contribution in [0, 0.1) is 0 Å². The zero-order valence-corrected chi connectivity index (χ0v) is 13.6. The van der Waals surface area contributed by atoms with Gasteiger partial charge in [-0.15, -0.1) is 0 Å². The summed E-state index contributed by atoms with van der Waals surface area (Å²) in [6.07, 6.45) is 1.48. The number of benzene rings is 2. The molecule has 0 saturated carbocycles. The summed E-state index contributed by atoms with van der Waals surface area (Å²) in [5.41, 5.74) is 2.04. The number of hydrogen-bond acceptors (Lipinski definition) is 3. The Balaban J connectivity index is 2.19. The molecule has 0 aliphatic rings. The van der Waals surface area contributed by atoms with Crippen LogP contribution >= 0.6 is 23.2 Å². The smallest absolute Gasteiger partial charge is 0.265 e. The van der Waals surface area contributed by atoms with E-state index in [0.29, 0.717) is 20.9 Å². The molecule has 3 aromatic rings. The molecule has 112 valence electrons. The van der Waals surface area contributed by atoms with Gasteiger partial charge in [-0.3, -0.25) is 9.36 Å². The minimum absolute atomic E-state index is 0.202. The van der Waals surface area contributed by atoms with Crippen LogP contribution < -0.4 is 10.5 Å². The van der Waals surface area contributed by atoms with Crippen molar-refractivity contribution >= 4 is 39.8 Å². The minimum atomic E-state index is -0.202. The number of hydrogen-bond donors (Lipinski definition) is 0.